The number of amidine groups is 1. The van der Waals surface area contributed by atoms with Crippen LogP contribution in [0.3, 0.4) is 0 Å². The fraction of sp³-hybridized carbons (Fsp3) is 0.357. The highest BCUT2D eigenvalue weighted by atomic mass is 32.2. The van der Waals surface area contributed by atoms with Crippen molar-refractivity contribution >= 4 is 22.6 Å². The Morgan fingerprint density at radius 2 is 1.82 bits per heavy atom. The standard InChI is InChI=1S/C14H18N2S/c1-11-10-14(2,3)15-13(17-4)16(11)12-8-6-5-7-9-12/h5-10H,1-4H3. The molecule has 1 heterocycles. The van der Waals surface area contributed by atoms with E-state index in [1.165, 1.54) is 11.4 Å². The van der Waals surface area contributed by atoms with Gasteiger partial charge in [0, 0.05) is 11.4 Å². The van der Waals surface area contributed by atoms with Crippen molar-refractivity contribution in [3.63, 3.8) is 0 Å². The van der Waals surface area contributed by atoms with Crippen LogP contribution in [0.2, 0.25) is 0 Å². The van der Waals surface area contributed by atoms with Crippen LogP contribution in [0.15, 0.2) is 47.1 Å². The SMILES string of the molecule is CSC1=NC(C)(C)C=C(C)N1c1ccccc1. The minimum absolute atomic E-state index is 0.103. The number of rotatable bonds is 1. The second-order valence-corrected chi connectivity index (χ2v) is 5.48. The molecule has 1 aliphatic rings. The van der Waals surface area contributed by atoms with E-state index in [-0.39, 0.29) is 5.54 Å². The van der Waals surface area contributed by atoms with Gasteiger partial charge < -0.3 is 0 Å². The van der Waals surface area contributed by atoms with E-state index in [0.717, 1.165) is 5.17 Å². The van der Waals surface area contributed by atoms with Crippen LogP contribution in [0.4, 0.5) is 5.69 Å². The van der Waals surface area contributed by atoms with E-state index in [4.69, 9.17) is 4.99 Å². The van der Waals surface area contributed by atoms with Crippen LogP contribution in [-0.2, 0) is 0 Å². The van der Waals surface area contributed by atoms with Crippen LogP contribution in [0.25, 0.3) is 0 Å². The summed E-state index contributed by atoms with van der Waals surface area (Å²) < 4.78 is 0. The zero-order chi connectivity index (χ0) is 12.5. The molecule has 0 amide bonds. The molecule has 1 aliphatic heterocycles. The molecule has 1 aromatic rings. The van der Waals surface area contributed by atoms with E-state index < -0.39 is 0 Å². The topological polar surface area (TPSA) is 15.6 Å². The Kier molecular flexibility index (Phi) is 3.29. The molecule has 0 fully saturated rings. The van der Waals surface area contributed by atoms with Gasteiger partial charge in [0.15, 0.2) is 5.17 Å². The molecule has 0 bridgehead atoms. The van der Waals surface area contributed by atoms with Gasteiger partial charge in [-0.15, -0.1) is 0 Å². The summed E-state index contributed by atoms with van der Waals surface area (Å²) in [7, 11) is 0. The lowest BCUT2D eigenvalue weighted by Gasteiger charge is -2.34. The molecule has 2 nitrogen and oxygen atoms in total. The predicted octanol–water partition coefficient (Wildman–Crippen LogP) is 3.91. The fourth-order valence-electron chi connectivity index (χ4n) is 2.08. The molecule has 0 unspecified atom stereocenters. The maximum atomic E-state index is 4.77. The van der Waals surface area contributed by atoms with Gasteiger partial charge in [0.1, 0.15) is 0 Å². The van der Waals surface area contributed by atoms with E-state index in [9.17, 15) is 0 Å². The van der Waals surface area contributed by atoms with Gasteiger partial charge in [-0.2, -0.15) is 0 Å². The molecular weight excluding hydrogens is 228 g/mol. The van der Waals surface area contributed by atoms with Crippen molar-refractivity contribution in [3.05, 3.63) is 42.1 Å². The van der Waals surface area contributed by atoms with Crippen molar-refractivity contribution < 1.29 is 0 Å². The molecular formula is C14H18N2S. The molecule has 1 aromatic carbocycles. The zero-order valence-corrected chi connectivity index (χ0v) is 11.6. The smallest absolute Gasteiger partial charge is 0.168 e. The molecule has 0 aliphatic carbocycles. The number of anilines is 1. The molecule has 0 spiro atoms. The molecule has 0 aromatic heterocycles. The Balaban J connectivity index is 2.44. The van der Waals surface area contributed by atoms with Crippen LogP contribution in [-0.4, -0.2) is 17.0 Å². The number of hydrogen-bond donors (Lipinski definition) is 0. The second kappa shape index (κ2) is 4.57. The highest BCUT2D eigenvalue weighted by Gasteiger charge is 2.26. The van der Waals surface area contributed by atoms with Gasteiger partial charge in [0.05, 0.1) is 5.54 Å². The maximum Gasteiger partial charge on any atom is 0.168 e. The first kappa shape index (κ1) is 12.2. The largest absolute Gasteiger partial charge is 0.294 e. The second-order valence-electron chi connectivity index (χ2n) is 4.71. The highest BCUT2D eigenvalue weighted by Crippen LogP contribution is 2.30. The molecule has 0 saturated carbocycles. The Bertz CT molecular complexity index is 460. The summed E-state index contributed by atoms with van der Waals surface area (Å²) in [4.78, 5) is 6.97. The monoisotopic (exact) mass is 246 g/mol. The minimum atomic E-state index is -0.103. The minimum Gasteiger partial charge on any atom is -0.294 e. The summed E-state index contributed by atoms with van der Waals surface area (Å²) in [5.41, 5.74) is 2.30. The van der Waals surface area contributed by atoms with Gasteiger partial charge in [-0.25, -0.2) is 0 Å². The van der Waals surface area contributed by atoms with Crippen molar-refractivity contribution in [2.75, 3.05) is 11.2 Å². The van der Waals surface area contributed by atoms with Crippen LogP contribution in [0, 0.1) is 0 Å². The predicted molar refractivity (Wildman–Crippen MR) is 77.7 cm³/mol. The van der Waals surface area contributed by atoms with Crippen molar-refractivity contribution in [2.45, 2.75) is 26.3 Å². The maximum absolute atomic E-state index is 4.77. The number of aliphatic imine (C=N–C) groups is 1. The van der Waals surface area contributed by atoms with Gasteiger partial charge in [0.25, 0.3) is 0 Å². The molecule has 3 heteroatoms. The van der Waals surface area contributed by atoms with E-state index in [1.54, 1.807) is 11.8 Å². The molecule has 2 rings (SSSR count). The number of nitrogens with zero attached hydrogens (tertiary/aromatic N) is 2. The molecule has 0 N–H and O–H groups in total. The summed E-state index contributed by atoms with van der Waals surface area (Å²) in [6.45, 7) is 6.41. The first-order valence-electron chi connectivity index (χ1n) is 5.72. The van der Waals surface area contributed by atoms with E-state index in [2.05, 4.69) is 62.3 Å². The zero-order valence-electron chi connectivity index (χ0n) is 10.8. The van der Waals surface area contributed by atoms with E-state index >= 15 is 0 Å². The van der Waals surface area contributed by atoms with Crippen LogP contribution in [0.5, 0.6) is 0 Å². The average Bonchev–Trinajstić information content (AvgIpc) is 2.28. The summed E-state index contributed by atoms with van der Waals surface area (Å²) in [6.07, 6.45) is 4.28. The normalized spacial score (nSPS) is 18.7. The lowest BCUT2D eigenvalue weighted by atomic mass is 10.0. The van der Waals surface area contributed by atoms with Crippen LogP contribution < -0.4 is 4.90 Å². The third-order valence-corrected chi connectivity index (χ3v) is 3.33. The molecule has 90 valence electrons. The summed E-state index contributed by atoms with van der Waals surface area (Å²) >= 11 is 1.69. The molecule has 0 atom stereocenters. The number of benzene rings is 1. The van der Waals surface area contributed by atoms with Gasteiger partial charge in [-0.3, -0.25) is 9.89 Å². The first-order chi connectivity index (χ1) is 8.03. The Labute approximate surface area is 107 Å². The van der Waals surface area contributed by atoms with Crippen molar-refractivity contribution in [2.24, 2.45) is 4.99 Å². The molecule has 0 saturated heterocycles. The van der Waals surface area contributed by atoms with Crippen LogP contribution >= 0.6 is 11.8 Å². The quantitative estimate of drug-likeness (QED) is 0.746. The van der Waals surface area contributed by atoms with Crippen molar-refractivity contribution in [1.29, 1.82) is 0 Å². The van der Waals surface area contributed by atoms with Gasteiger partial charge in [-0.05, 0) is 45.2 Å². The molecule has 0 radical (unpaired) electrons. The summed E-state index contributed by atoms with van der Waals surface area (Å²) in [6, 6.07) is 10.4. The highest BCUT2D eigenvalue weighted by molar-refractivity contribution is 8.13. The Morgan fingerprint density at radius 3 is 2.41 bits per heavy atom. The summed E-state index contributed by atoms with van der Waals surface area (Å²) in [5.74, 6) is 0. The lowest BCUT2D eigenvalue weighted by Crippen LogP contribution is -2.35. The van der Waals surface area contributed by atoms with E-state index in [0.29, 0.717) is 0 Å². The Hall–Kier alpha value is -1.22. The van der Waals surface area contributed by atoms with Crippen molar-refractivity contribution in [3.8, 4) is 0 Å². The number of thioether (sulfide) groups is 1. The number of para-hydroxylation sites is 1. The Morgan fingerprint density at radius 1 is 1.18 bits per heavy atom. The van der Waals surface area contributed by atoms with Crippen molar-refractivity contribution in [1.82, 2.24) is 0 Å². The average molecular weight is 246 g/mol. The third-order valence-electron chi connectivity index (χ3n) is 2.69. The number of allylic oxidation sites excluding steroid dienone is 1. The number of hydrogen-bond acceptors (Lipinski definition) is 3. The van der Waals surface area contributed by atoms with Gasteiger partial charge in [-0.1, -0.05) is 30.0 Å². The van der Waals surface area contributed by atoms with Gasteiger partial charge in [0.2, 0.25) is 0 Å². The van der Waals surface area contributed by atoms with Gasteiger partial charge >= 0.3 is 0 Å². The first-order valence-corrected chi connectivity index (χ1v) is 6.94. The summed E-state index contributed by atoms with van der Waals surface area (Å²) in [5, 5.41) is 1.06. The molecule has 17 heavy (non-hydrogen) atoms. The van der Waals surface area contributed by atoms with Crippen LogP contribution in [0.1, 0.15) is 20.8 Å². The third kappa shape index (κ3) is 2.55. The van der Waals surface area contributed by atoms with E-state index in [1.807, 2.05) is 6.07 Å². The lowest BCUT2D eigenvalue weighted by molar-refractivity contribution is 0.642. The fourth-order valence-corrected chi connectivity index (χ4v) is 2.84.